The van der Waals surface area contributed by atoms with Gasteiger partial charge in [-0.15, -0.1) is 0 Å². The number of esters is 1. The van der Waals surface area contributed by atoms with Crippen LogP contribution in [0.5, 0.6) is 17.2 Å². The number of phenolic OH excluding ortho intramolecular Hbond substituents is 2. The van der Waals surface area contributed by atoms with Crippen molar-refractivity contribution in [1.29, 1.82) is 0 Å². The molecular weight excluding hydrogens is 388 g/mol. The number of ether oxygens (including phenoxy) is 1. The van der Waals surface area contributed by atoms with E-state index >= 15 is 0 Å². The lowest BCUT2D eigenvalue weighted by molar-refractivity contribution is -0.142. The lowest BCUT2D eigenvalue weighted by atomic mass is 9.88. The van der Waals surface area contributed by atoms with Gasteiger partial charge in [-0.2, -0.15) is 0 Å². The molecule has 0 fully saturated rings. The average molecular weight is 417 g/mol. The Balaban J connectivity index is 2.08. The molecule has 0 aliphatic carbocycles. The van der Waals surface area contributed by atoms with Gasteiger partial charge in [-0.1, -0.05) is 43.3 Å². The molecule has 0 aromatic heterocycles. The Kier molecular flexibility index (Phi) is 6.50. The average Bonchev–Trinajstić information content (AvgIpc) is 2.74. The van der Waals surface area contributed by atoms with Gasteiger partial charge in [-0.3, -0.25) is 4.79 Å². The lowest BCUT2D eigenvalue weighted by Crippen LogP contribution is -2.25. The van der Waals surface area contributed by atoms with Gasteiger partial charge in [0.25, 0.3) is 0 Å². The van der Waals surface area contributed by atoms with E-state index in [4.69, 9.17) is 4.74 Å². The van der Waals surface area contributed by atoms with Crippen molar-refractivity contribution in [1.82, 2.24) is 0 Å². The Morgan fingerprint density at radius 2 is 1.16 bits per heavy atom. The second kappa shape index (κ2) is 9.09. The number of hydrogen-bond acceptors (Lipinski definition) is 4. The second-order valence-electron chi connectivity index (χ2n) is 8.46. The van der Waals surface area contributed by atoms with Crippen LogP contribution in [0.4, 0.5) is 0 Å². The molecule has 3 aromatic carbocycles. The van der Waals surface area contributed by atoms with Crippen molar-refractivity contribution >= 4 is 17.1 Å². The zero-order chi connectivity index (χ0) is 22.6. The van der Waals surface area contributed by atoms with Crippen molar-refractivity contribution < 1.29 is 19.7 Å². The van der Waals surface area contributed by atoms with Crippen LogP contribution < -0.4 is 4.74 Å². The van der Waals surface area contributed by atoms with Crippen LogP contribution in [-0.4, -0.2) is 16.2 Å². The van der Waals surface area contributed by atoms with Crippen LogP contribution in [-0.2, 0) is 4.79 Å². The first-order valence-corrected chi connectivity index (χ1v) is 10.3. The topological polar surface area (TPSA) is 66.8 Å². The summed E-state index contributed by atoms with van der Waals surface area (Å²) in [5, 5.41) is 19.5. The number of carbonyl (C=O) groups is 1. The van der Waals surface area contributed by atoms with Gasteiger partial charge in [0.2, 0.25) is 0 Å². The maximum Gasteiger partial charge on any atom is 0.316 e. The molecule has 0 bridgehead atoms. The molecule has 0 spiro atoms. The number of phenols is 2. The largest absolute Gasteiger partial charge is 0.508 e. The highest BCUT2D eigenvalue weighted by Crippen LogP contribution is 2.36. The van der Waals surface area contributed by atoms with Crippen LogP contribution in [0.2, 0.25) is 0 Å². The van der Waals surface area contributed by atoms with E-state index in [1.807, 2.05) is 57.2 Å². The molecular formula is C27H28O4. The number of benzene rings is 3. The van der Waals surface area contributed by atoms with Crippen molar-refractivity contribution in [2.45, 2.75) is 34.1 Å². The molecule has 0 unspecified atom stereocenters. The van der Waals surface area contributed by atoms with Crippen LogP contribution in [0, 0.1) is 5.41 Å². The zero-order valence-corrected chi connectivity index (χ0v) is 18.3. The third-order valence-electron chi connectivity index (χ3n) is 4.99. The molecule has 0 saturated heterocycles. The fourth-order valence-corrected chi connectivity index (χ4v) is 3.28. The van der Waals surface area contributed by atoms with Crippen LogP contribution in [0.3, 0.4) is 0 Å². The molecule has 3 aromatic rings. The van der Waals surface area contributed by atoms with E-state index < -0.39 is 5.41 Å². The fourth-order valence-electron chi connectivity index (χ4n) is 3.28. The molecule has 0 aliphatic rings. The Hall–Kier alpha value is -3.53. The minimum Gasteiger partial charge on any atom is -0.508 e. The normalized spacial score (nSPS) is 11.1. The summed E-state index contributed by atoms with van der Waals surface area (Å²) < 4.78 is 5.49. The number of hydrogen-bond donors (Lipinski definition) is 2. The van der Waals surface area contributed by atoms with Gasteiger partial charge >= 0.3 is 5.97 Å². The summed E-state index contributed by atoms with van der Waals surface area (Å²) in [6.07, 6.45) is 0.762. The summed E-state index contributed by atoms with van der Waals surface area (Å²) in [5.41, 5.74) is 4.48. The monoisotopic (exact) mass is 416 g/mol. The van der Waals surface area contributed by atoms with Crippen molar-refractivity contribution in [3.63, 3.8) is 0 Å². The summed E-state index contributed by atoms with van der Waals surface area (Å²) >= 11 is 0. The standard InChI is InChI=1S/C27H28O4/c1-5-24(18-10-16-23(17-11-18)31-26(30)27(2,3)4)25(19-6-12-21(28)13-7-19)20-8-14-22(29)15-9-20/h6-17,28-29H,5H2,1-4H3. The predicted octanol–water partition coefficient (Wildman–Crippen LogP) is 6.42. The molecule has 31 heavy (non-hydrogen) atoms. The fraction of sp³-hybridized carbons (Fsp3) is 0.222. The first kappa shape index (κ1) is 22.2. The third kappa shape index (κ3) is 5.34. The quantitative estimate of drug-likeness (QED) is 0.286. The Bertz CT molecular complexity index is 1020. The minimum atomic E-state index is -0.571. The maximum atomic E-state index is 12.2. The van der Waals surface area contributed by atoms with Gasteiger partial charge in [-0.05, 0) is 91.4 Å². The highest BCUT2D eigenvalue weighted by Gasteiger charge is 2.23. The summed E-state index contributed by atoms with van der Waals surface area (Å²) in [6.45, 7) is 7.55. The minimum absolute atomic E-state index is 0.205. The van der Waals surface area contributed by atoms with Gasteiger partial charge in [-0.25, -0.2) is 0 Å². The molecule has 0 amide bonds. The van der Waals surface area contributed by atoms with E-state index in [2.05, 4.69) is 6.92 Å². The molecule has 0 aliphatic heterocycles. The van der Waals surface area contributed by atoms with E-state index in [0.717, 1.165) is 34.3 Å². The predicted molar refractivity (Wildman–Crippen MR) is 124 cm³/mol. The van der Waals surface area contributed by atoms with Crippen LogP contribution in [0.1, 0.15) is 50.8 Å². The van der Waals surface area contributed by atoms with E-state index in [-0.39, 0.29) is 17.5 Å². The van der Waals surface area contributed by atoms with Gasteiger partial charge in [0.15, 0.2) is 0 Å². The van der Waals surface area contributed by atoms with Crippen LogP contribution in [0.25, 0.3) is 11.1 Å². The van der Waals surface area contributed by atoms with Crippen molar-refractivity contribution in [3.05, 3.63) is 89.5 Å². The van der Waals surface area contributed by atoms with Crippen molar-refractivity contribution in [2.75, 3.05) is 0 Å². The molecule has 160 valence electrons. The van der Waals surface area contributed by atoms with E-state index in [0.29, 0.717) is 5.75 Å². The molecule has 0 heterocycles. The summed E-state index contributed by atoms with van der Waals surface area (Å²) in [6, 6.07) is 21.7. The highest BCUT2D eigenvalue weighted by atomic mass is 16.5. The van der Waals surface area contributed by atoms with E-state index in [1.54, 1.807) is 36.4 Å². The van der Waals surface area contributed by atoms with Crippen LogP contribution in [0.15, 0.2) is 72.8 Å². The van der Waals surface area contributed by atoms with Crippen molar-refractivity contribution in [2.24, 2.45) is 5.41 Å². The highest BCUT2D eigenvalue weighted by molar-refractivity contribution is 5.98. The number of aromatic hydroxyl groups is 2. The Morgan fingerprint density at radius 1 is 0.742 bits per heavy atom. The molecule has 3 rings (SSSR count). The van der Waals surface area contributed by atoms with Crippen molar-refractivity contribution in [3.8, 4) is 17.2 Å². The number of allylic oxidation sites excluding steroid dienone is 1. The lowest BCUT2D eigenvalue weighted by Gasteiger charge is -2.18. The number of carbonyl (C=O) groups excluding carboxylic acids is 1. The SMILES string of the molecule is CCC(=C(c1ccc(O)cc1)c1ccc(O)cc1)c1ccc(OC(=O)C(C)(C)C)cc1. The molecule has 0 atom stereocenters. The van der Waals surface area contributed by atoms with Crippen LogP contribution >= 0.6 is 0 Å². The number of rotatable bonds is 5. The zero-order valence-electron chi connectivity index (χ0n) is 18.3. The summed E-state index contributed by atoms with van der Waals surface area (Å²) in [7, 11) is 0. The second-order valence-corrected chi connectivity index (χ2v) is 8.46. The molecule has 0 saturated carbocycles. The summed E-state index contributed by atoms with van der Waals surface area (Å²) in [5.74, 6) is 0.643. The van der Waals surface area contributed by atoms with Gasteiger partial charge in [0.05, 0.1) is 5.41 Å². The maximum absolute atomic E-state index is 12.2. The van der Waals surface area contributed by atoms with Gasteiger partial charge in [0, 0.05) is 0 Å². The summed E-state index contributed by atoms with van der Waals surface area (Å²) in [4.78, 5) is 12.2. The third-order valence-corrected chi connectivity index (χ3v) is 4.99. The van der Waals surface area contributed by atoms with E-state index in [9.17, 15) is 15.0 Å². The Labute approximate surface area is 183 Å². The van der Waals surface area contributed by atoms with Gasteiger partial charge in [0.1, 0.15) is 17.2 Å². The first-order valence-electron chi connectivity index (χ1n) is 10.3. The molecule has 2 N–H and O–H groups in total. The molecule has 4 nitrogen and oxygen atoms in total. The smallest absolute Gasteiger partial charge is 0.316 e. The molecule has 4 heteroatoms. The first-order chi connectivity index (χ1) is 14.7. The molecule has 0 radical (unpaired) electrons. The Morgan fingerprint density at radius 3 is 1.55 bits per heavy atom. The van der Waals surface area contributed by atoms with E-state index in [1.165, 1.54) is 0 Å². The van der Waals surface area contributed by atoms with Gasteiger partial charge < -0.3 is 14.9 Å².